The smallest absolute Gasteiger partial charge is 0.171 e. The summed E-state index contributed by atoms with van der Waals surface area (Å²) in [6.45, 7) is 0. The third kappa shape index (κ3) is 2.57. The van der Waals surface area contributed by atoms with E-state index in [4.69, 9.17) is 11.1 Å². The number of hydrogen-bond acceptors (Lipinski definition) is 5. The zero-order valence-electron chi connectivity index (χ0n) is 13.1. The van der Waals surface area contributed by atoms with E-state index in [0.717, 1.165) is 11.1 Å². The Morgan fingerprint density at radius 3 is 2.56 bits per heavy atom. The second-order valence-electron chi connectivity index (χ2n) is 5.52. The summed E-state index contributed by atoms with van der Waals surface area (Å²) in [5.41, 5.74) is 9.05. The van der Waals surface area contributed by atoms with E-state index >= 15 is 0 Å². The summed E-state index contributed by atoms with van der Waals surface area (Å²) >= 11 is 0. The van der Waals surface area contributed by atoms with Gasteiger partial charge >= 0.3 is 0 Å². The maximum absolute atomic E-state index is 10.6. The number of nitrogens with two attached hydrogens (primary N) is 1. The van der Waals surface area contributed by atoms with Gasteiger partial charge in [-0.2, -0.15) is 0 Å². The summed E-state index contributed by atoms with van der Waals surface area (Å²) in [7, 11) is 0. The molecular weight excluding hydrogens is 316 g/mol. The van der Waals surface area contributed by atoms with Gasteiger partial charge in [-0.1, -0.05) is 30.3 Å². The van der Waals surface area contributed by atoms with Crippen LogP contribution >= 0.6 is 0 Å². The molecule has 0 unspecified atom stereocenters. The molecule has 4 rings (SSSR count). The van der Waals surface area contributed by atoms with E-state index in [-0.39, 0.29) is 11.6 Å². The van der Waals surface area contributed by atoms with Crippen molar-refractivity contribution >= 4 is 16.9 Å². The van der Waals surface area contributed by atoms with Crippen LogP contribution < -0.4 is 5.73 Å². The molecule has 122 valence electrons. The van der Waals surface area contributed by atoms with Gasteiger partial charge in [0.05, 0.1) is 11.0 Å². The molecule has 0 spiro atoms. The lowest BCUT2D eigenvalue weighted by Crippen LogP contribution is -2.10. The minimum Gasteiger partial charge on any atom is -0.504 e. The zero-order chi connectivity index (χ0) is 17.4. The molecule has 0 aliphatic carbocycles. The highest BCUT2D eigenvalue weighted by molar-refractivity contribution is 5.98. The Balaban J connectivity index is 1.85. The van der Waals surface area contributed by atoms with Crippen molar-refractivity contribution in [1.29, 1.82) is 5.41 Å². The quantitative estimate of drug-likeness (QED) is 0.339. The first-order valence-electron chi connectivity index (χ1n) is 7.57. The molecule has 7 nitrogen and oxygen atoms in total. The molecule has 0 fully saturated rings. The van der Waals surface area contributed by atoms with E-state index in [1.807, 2.05) is 30.3 Å². The standard InChI is InChI=1S/C18H14N6O/c19-17(20)11-6-7-12-13(8-11)24-18(23-12)15-16(25)14(21-9-22-15)10-4-2-1-3-5-10/h1-9,25H,(H3,19,20)(H,23,24). The first-order valence-corrected chi connectivity index (χ1v) is 7.57. The molecular formula is C18H14N6O. The fraction of sp³-hybridized carbons (Fsp3) is 0. The van der Waals surface area contributed by atoms with Crippen LogP contribution in [0.3, 0.4) is 0 Å². The number of nitrogens with one attached hydrogen (secondary N) is 2. The lowest BCUT2D eigenvalue weighted by molar-refractivity contribution is 0.474. The van der Waals surface area contributed by atoms with Crippen molar-refractivity contribution < 1.29 is 5.11 Å². The van der Waals surface area contributed by atoms with Crippen LogP contribution in [-0.2, 0) is 0 Å². The van der Waals surface area contributed by atoms with E-state index in [1.54, 1.807) is 18.2 Å². The Bertz CT molecular complexity index is 1090. The van der Waals surface area contributed by atoms with Crippen LogP contribution in [-0.4, -0.2) is 30.9 Å². The third-order valence-electron chi connectivity index (χ3n) is 3.89. The Morgan fingerprint density at radius 2 is 1.80 bits per heavy atom. The van der Waals surface area contributed by atoms with Gasteiger partial charge in [0.1, 0.15) is 17.9 Å². The van der Waals surface area contributed by atoms with Crippen molar-refractivity contribution in [2.45, 2.75) is 0 Å². The van der Waals surface area contributed by atoms with Crippen LogP contribution in [0.1, 0.15) is 5.56 Å². The van der Waals surface area contributed by atoms with Gasteiger partial charge in [-0.25, -0.2) is 15.0 Å². The summed E-state index contributed by atoms with van der Waals surface area (Å²) in [5, 5.41) is 18.1. The predicted molar refractivity (Wildman–Crippen MR) is 95.2 cm³/mol. The number of nitrogen functional groups attached to an aromatic ring is 1. The number of benzene rings is 2. The van der Waals surface area contributed by atoms with E-state index in [2.05, 4.69) is 19.9 Å². The van der Waals surface area contributed by atoms with Crippen LogP contribution in [0.4, 0.5) is 0 Å². The number of imidazole rings is 1. The van der Waals surface area contributed by atoms with Gasteiger partial charge in [0, 0.05) is 11.1 Å². The fourth-order valence-electron chi connectivity index (χ4n) is 2.64. The molecule has 0 bridgehead atoms. The van der Waals surface area contributed by atoms with E-state index < -0.39 is 0 Å². The van der Waals surface area contributed by atoms with Crippen molar-refractivity contribution in [3.63, 3.8) is 0 Å². The SMILES string of the molecule is N=C(N)c1ccc2[nH]c(-c3ncnc(-c4ccccc4)c3O)nc2c1. The maximum atomic E-state index is 10.6. The molecule has 0 aliphatic rings. The molecule has 0 aliphatic heterocycles. The number of hydrogen-bond donors (Lipinski definition) is 4. The average Bonchev–Trinajstić information content (AvgIpc) is 3.05. The van der Waals surface area contributed by atoms with Crippen LogP contribution in [0.15, 0.2) is 54.9 Å². The number of aromatic amines is 1. The predicted octanol–water partition coefficient (Wildman–Crippen LogP) is 2.68. The van der Waals surface area contributed by atoms with Gasteiger partial charge < -0.3 is 15.8 Å². The molecule has 0 radical (unpaired) electrons. The molecule has 2 aromatic heterocycles. The number of aromatic hydroxyl groups is 1. The number of H-pyrrole nitrogens is 1. The number of nitrogens with zero attached hydrogens (tertiary/aromatic N) is 3. The lowest BCUT2D eigenvalue weighted by Gasteiger charge is -2.06. The van der Waals surface area contributed by atoms with E-state index in [0.29, 0.717) is 28.3 Å². The second kappa shape index (κ2) is 5.72. The van der Waals surface area contributed by atoms with Crippen LogP contribution in [0.2, 0.25) is 0 Å². The van der Waals surface area contributed by atoms with Gasteiger partial charge in [0.15, 0.2) is 17.3 Å². The molecule has 2 aromatic carbocycles. The number of rotatable bonds is 3. The monoisotopic (exact) mass is 330 g/mol. The minimum absolute atomic E-state index is 0.0253. The van der Waals surface area contributed by atoms with Crippen LogP contribution in [0.5, 0.6) is 5.75 Å². The fourth-order valence-corrected chi connectivity index (χ4v) is 2.64. The van der Waals surface area contributed by atoms with Crippen molar-refractivity contribution in [3.8, 4) is 28.5 Å². The molecule has 25 heavy (non-hydrogen) atoms. The first-order chi connectivity index (χ1) is 12.1. The molecule has 0 amide bonds. The Morgan fingerprint density at radius 1 is 1.04 bits per heavy atom. The highest BCUT2D eigenvalue weighted by atomic mass is 16.3. The van der Waals surface area contributed by atoms with Crippen molar-refractivity contribution in [1.82, 2.24) is 19.9 Å². The molecule has 0 saturated carbocycles. The second-order valence-corrected chi connectivity index (χ2v) is 5.52. The van der Waals surface area contributed by atoms with Crippen molar-refractivity contribution in [2.24, 2.45) is 5.73 Å². The first kappa shape index (κ1) is 14.8. The number of amidine groups is 1. The normalized spacial score (nSPS) is 10.9. The van der Waals surface area contributed by atoms with Crippen LogP contribution in [0.25, 0.3) is 33.8 Å². The molecule has 0 atom stereocenters. The molecule has 5 N–H and O–H groups in total. The minimum atomic E-state index is -0.0421. The van der Waals surface area contributed by atoms with Gasteiger partial charge in [0.25, 0.3) is 0 Å². The molecule has 2 heterocycles. The Kier molecular flexibility index (Phi) is 3.39. The summed E-state index contributed by atoms with van der Waals surface area (Å²) in [4.78, 5) is 15.9. The van der Waals surface area contributed by atoms with Crippen LogP contribution in [0, 0.1) is 5.41 Å². The zero-order valence-corrected chi connectivity index (χ0v) is 13.1. The lowest BCUT2D eigenvalue weighted by atomic mass is 10.1. The molecule has 7 heteroatoms. The average molecular weight is 330 g/mol. The summed E-state index contributed by atoms with van der Waals surface area (Å²) in [6.07, 6.45) is 1.39. The largest absolute Gasteiger partial charge is 0.504 e. The highest BCUT2D eigenvalue weighted by Crippen LogP contribution is 2.34. The third-order valence-corrected chi connectivity index (χ3v) is 3.89. The molecule has 4 aromatic rings. The van der Waals surface area contributed by atoms with Gasteiger partial charge in [-0.15, -0.1) is 0 Å². The number of fused-ring (bicyclic) bond motifs is 1. The van der Waals surface area contributed by atoms with Crippen molar-refractivity contribution in [3.05, 3.63) is 60.4 Å². The van der Waals surface area contributed by atoms with Gasteiger partial charge in [-0.3, -0.25) is 5.41 Å². The number of aromatic nitrogens is 4. The van der Waals surface area contributed by atoms with Gasteiger partial charge in [0.2, 0.25) is 0 Å². The topological polar surface area (TPSA) is 125 Å². The van der Waals surface area contributed by atoms with Gasteiger partial charge in [-0.05, 0) is 18.2 Å². The van der Waals surface area contributed by atoms with Crippen molar-refractivity contribution in [2.75, 3.05) is 0 Å². The maximum Gasteiger partial charge on any atom is 0.171 e. The Hall–Kier alpha value is -3.74. The Labute approximate surface area is 142 Å². The van der Waals surface area contributed by atoms with E-state index in [9.17, 15) is 5.11 Å². The van der Waals surface area contributed by atoms with E-state index in [1.165, 1.54) is 6.33 Å². The summed E-state index contributed by atoms with van der Waals surface area (Å²) in [6, 6.07) is 14.6. The summed E-state index contributed by atoms with van der Waals surface area (Å²) < 4.78 is 0. The molecule has 0 saturated heterocycles. The highest BCUT2D eigenvalue weighted by Gasteiger charge is 2.16. The summed E-state index contributed by atoms with van der Waals surface area (Å²) in [5.74, 6) is 0.357.